The van der Waals surface area contributed by atoms with Crippen LogP contribution in [0.4, 0.5) is 0 Å². The molecule has 128 valence electrons. The van der Waals surface area contributed by atoms with Crippen molar-refractivity contribution in [2.45, 2.75) is 38.7 Å². The molecule has 8 heteroatoms. The van der Waals surface area contributed by atoms with Gasteiger partial charge in [0, 0.05) is 19.2 Å². The largest absolute Gasteiger partial charge is 0.418 e. The fourth-order valence-electron chi connectivity index (χ4n) is 2.96. The second-order valence-corrected chi connectivity index (χ2v) is 8.43. The summed E-state index contributed by atoms with van der Waals surface area (Å²) in [7, 11) is -3.24. The van der Waals surface area contributed by atoms with Crippen LogP contribution in [0.1, 0.15) is 50.5 Å². The number of rotatable bonds is 3. The van der Waals surface area contributed by atoms with Crippen molar-refractivity contribution < 1.29 is 17.6 Å². The summed E-state index contributed by atoms with van der Waals surface area (Å²) in [5.41, 5.74) is 1.33. The summed E-state index contributed by atoms with van der Waals surface area (Å²) in [4.78, 5) is 0. The van der Waals surface area contributed by atoms with Gasteiger partial charge in [0.15, 0.2) is 0 Å². The summed E-state index contributed by atoms with van der Waals surface area (Å²) in [6.45, 7) is 3.18. The number of morpholine rings is 1. The van der Waals surface area contributed by atoms with E-state index >= 15 is 0 Å². The second kappa shape index (κ2) is 6.70. The summed E-state index contributed by atoms with van der Waals surface area (Å²) in [6.07, 6.45) is 7.19. The lowest BCUT2D eigenvalue weighted by molar-refractivity contribution is -0.0172. The van der Waals surface area contributed by atoms with Crippen molar-refractivity contribution in [2.75, 3.05) is 26.0 Å². The highest BCUT2D eigenvalue weighted by Gasteiger charge is 2.30. The molecule has 2 heterocycles. The van der Waals surface area contributed by atoms with E-state index in [0.717, 1.165) is 18.8 Å². The standard InChI is InChI=1S/C15H23N3O4S/c1-11-3-5-12(6-4-11)9-14-16-17-15(22-14)13-10-18(7-8-21-13)23(2,19)20/h9,11,13H,3-8,10H2,1-2H3. The quantitative estimate of drug-likeness (QED) is 0.836. The van der Waals surface area contributed by atoms with Crippen LogP contribution in [0.15, 0.2) is 9.99 Å². The molecular formula is C15H23N3O4S. The van der Waals surface area contributed by atoms with Crippen LogP contribution in [-0.4, -0.2) is 48.9 Å². The molecule has 3 rings (SSSR count). The zero-order chi connectivity index (χ0) is 16.4. The molecule has 1 atom stereocenters. The third-order valence-electron chi connectivity index (χ3n) is 4.47. The van der Waals surface area contributed by atoms with Gasteiger partial charge < -0.3 is 9.15 Å². The maximum absolute atomic E-state index is 11.7. The monoisotopic (exact) mass is 341 g/mol. The van der Waals surface area contributed by atoms with Crippen LogP contribution < -0.4 is 0 Å². The summed E-state index contributed by atoms with van der Waals surface area (Å²) in [5.74, 6) is 1.60. The van der Waals surface area contributed by atoms with E-state index in [1.165, 1.54) is 29.0 Å². The Hall–Kier alpha value is -1.25. The molecule has 1 aliphatic heterocycles. The number of hydrogen-bond acceptors (Lipinski definition) is 6. The Bertz CT molecular complexity index is 673. The SMILES string of the molecule is CC1CCC(=Cc2nnc(C3CN(S(C)(=O)=O)CCO3)o2)CC1. The van der Waals surface area contributed by atoms with Gasteiger partial charge in [-0.2, -0.15) is 4.31 Å². The van der Waals surface area contributed by atoms with E-state index in [9.17, 15) is 8.42 Å². The summed E-state index contributed by atoms with van der Waals surface area (Å²) < 4.78 is 35.9. The first-order valence-corrected chi connectivity index (χ1v) is 9.86. The van der Waals surface area contributed by atoms with Crippen LogP contribution in [0, 0.1) is 5.92 Å². The van der Waals surface area contributed by atoms with E-state index < -0.39 is 16.1 Å². The zero-order valence-corrected chi connectivity index (χ0v) is 14.4. The highest BCUT2D eigenvalue weighted by Crippen LogP contribution is 2.29. The van der Waals surface area contributed by atoms with Crippen molar-refractivity contribution in [1.82, 2.24) is 14.5 Å². The Balaban J connectivity index is 1.68. The van der Waals surface area contributed by atoms with Crippen molar-refractivity contribution in [3.05, 3.63) is 17.4 Å². The zero-order valence-electron chi connectivity index (χ0n) is 13.6. The predicted molar refractivity (Wildman–Crippen MR) is 85.0 cm³/mol. The van der Waals surface area contributed by atoms with Gasteiger partial charge in [-0.1, -0.05) is 12.5 Å². The molecule has 0 aromatic carbocycles. The first-order chi connectivity index (χ1) is 10.9. The number of ether oxygens (including phenoxy) is 1. The van der Waals surface area contributed by atoms with Crippen LogP contribution >= 0.6 is 0 Å². The van der Waals surface area contributed by atoms with E-state index in [-0.39, 0.29) is 6.54 Å². The van der Waals surface area contributed by atoms with Crippen molar-refractivity contribution in [2.24, 2.45) is 5.92 Å². The minimum atomic E-state index is -3.24. The Morgan fingerprint density at radius 2 is 2.00 bits per heavy atom. The second-order valence-electron chi connectivity index (χ2n) is 6.44. The minimum absolute atomic E-state index is 0.217. The van der Waals surface area contributed by atoms with Gasteiger partial charge in [-0.05, 0) is 31.6 Å². The van der Waals surface area contributed by atoms with E-state index in [4.69, 9.17) is 9.15 Å². The molecule has 1 unspecified atom stereocenters. The Labute approximate surface area is 136 Å². The fraction of sp³-hybridized carbons (Fsp3) is 0.733. The molecule has 1 saturated carbocycles. The molecule has 23 heavy (non-hydrogen) atoms. The lowest BCUT2D eigenvalue weighted by Crippen LogP contribution is -2.41. The summed E-state index contributed by atoms with van der Waals surface area (Å²) in [5, 5.41) is 8.08. The van der Waals surface area contributed by atoms with E-state index in [1.54, 1.807) is 0 Å². The van der Waals surface area contributed by atoms with Crippen LogP contribution in [0.5, 0.6) is 0 Å². The normalized spacial score (nSPS) is 27.1. The molecule has 2 aliphatic rings. The van der Waals surface area contributed by atoms with Gasteiger partial charge in [-0.15, -0.1) is 10.2 Å². The molecule has 0 spiro atoms. The van der Waals surface area contributed by atoms with E-state index in [1.807, 2.05) is 6.08 Å². The first-order valence-electron chi connectivity index (χ1n) is 8.01. The van der Waals surface area contributed by atoms with Crippen LogP contribution in [0.3, 0.4) is 0 Å². The number of nitrogens with zero attached hydrogens (tertiary/aromatic N) is 3. The number of aromatic nitrogens is 2. The van der Waals surface area contributed by atoms with Crippen LogP contribution in [0.2, 0.25) is 0 Å². The molecule has 0 radical (unpaired) electrons. The number of hydrogen-bond donors (Lipinski definition) is 0. The smallest absolute Gasteiger partial charge is 0.246 e. The van der Waals surface area contributed by atoms with Crippen LogP contribution in [-0.2, 0) is 14.8 Å². The average molecular weight is 341 g/mol. The van der Waals surface area contributed by atoms with Gasteiger partial charge in [0.05, 0.1) is 12.9 Å². The van der Waals surface area contributed by atoms with Crippen molar-refractivity contribution in [3.63, 3.8) is 0 Å². The summed E-state index contributed by atoms with van der Waals surface area (Å²) in [6, 6.07) is 0. The maximum atomic E-state index is 11.7. The van der Waals surface area contributed by atoms with Gasteiger partial charge in [-0.25, -0.2) is 8.42 Å². The minimum Gasteiger partial charge on any atom is -0.418 e. The molecule has 1 aromatic heterocycles. The first kappa shape index (κ1) is 16.6. The highest BCUT2D eigenvalue weighted by atomic mass is 32.2. The molecule has 7 nitrogen and oxygen atoms in total. The molecule has 0 N–H and O–H groups in total. The van der Waals surface area contributed by atoms with Crippen molar-refractivity contribution in [3.8, 4) is 0 Å². The Kier molecular flexibility index (Phi) is 4.84. The van der Waals surface area contributed by atoms with Crippen molar-refractivity contribution in [1.29, 1.82) is 0 Å². The van der Waals surface area contributed by atoms with Gasteiger partial charge >= 0.3 is 0 Å². The molecule has 1 saturated heterocycles. The van der Waals surface area contributed by atoms with E-state index in [2.05, 4.69) is 17.1 Å². The van der Waals surface area contributed by atoms with Gasteiger partial charge in [0.25, 0.3) is 0 Å². The molecule has 0 bridgehead atoms. The Morgan fingerprint density at radius 3 is 2.70 bits per heavy atom. The van der Waals surface area contributed by atoms with E-state index in [0.29, 0.717) is 24.9 Å². The fourth-order valence-corrected chi connectivity index (χ4v) is 3.78. The highest BCUT2D eigenvalue weighted by molar-refractivity contribution is 7.88. The maximum Gasteiger partial charge on any atom is 0.246 e. The molecule has 1 aliphatic carbocycles. The molecular weight excluding hydrogens is 318 g/mol. The summed E-state index contributed by atoms with van der Waals surface area (Å²) >= 11 is 0. The number of sulfonamides is 1. The van der Waals surface area contributed by atoms with Crippen LogP contribution in [0.25, 0.3) is 6.08 Å². The van der Waals surface area contributed by atoms with Gasteiger partial charge in [0.1, 0.15) is 6.10 Å². The van der Waals surface area contributed by atoms with Crippen molar-refractivity contribution >= 4 is 16.1 Å². The number of allylic oxidation sites excluding steroid dienone is 1. The van der Waals surface area contributed by atoms with Gasteiger partial charge in [0.2, 0.25) is 21.8 Å². The Morgan fingerprint density at radius 1 is 1.26 bits per heavy atom. The topological polar surface area (TPSA) is 85.5 Å². The lowest BCUT2D eigenvalue weighted by Gasteiger charge is -2.29. The van der Waals surface area contributed by atoms with Gasteiger partial charge in [-0.3, -0.25) is 0 Å². The third kappa shape index (κ3) is 4.19. The lowest BCUT2D eigenvalue weighted by atomic mass is 9.87. The molecule has 0 amide bonds. The third-order valence-corrected chi connectivity index (χ3v) is 5.74. The average Bonchev–Trinajstić information content (AvgIpc) is 2.97. The molecule has 2 fully saturated rings. The predicted octanol–water partition coefficient (Wildman–Crippen LogP) is 2.00. The molecule has 1 aromatic rings.